The van der Waals surface area contributed by atoms with Crippen molar-refractivity contribution in [2.24, 2.45) is 11.8 Å². The van der Waals surface area contributed by atoms with Gasteiger partial charge in [-0.1, -0.05) is 19.6 Å². The molecule has 2 amide bonds. The Morgan fingerprint density at radius 1 is 1.15 bits per heavy atom. The van der Waals surface area contributed by atoms with Crippen molar-refractivity contribution >= 4 is 36.8 Å². The molecule has 0 aromatic carbocycles. The molecular formula is C30H46N6O4Si. The topological polar surface area (TPSA) is 112 Å². The summed E-state index contributed by atoms with van der Waals surface area (Å²) in [6.45, 7) is 15.6. The predicted octanol–water partition coefficient (Wildman–Crippen LogP) is 6.19. The molecule has 0 aliphatic heterocycles. The van der Waals surface area contributed by atoms with Crippen LogP contribution in [0, 0.1) is 11.8 Å². The van der Waals surface area contributed by atoms with Crippen molar-refractivity contribution in [2.75, 3.05) is 11.9 Å². The number of rotatable bonds is 10. The first-order valence-electron chi connectivity index (χ1n) is 14.7. The highest BCUT2D eigenvalue weighted by atomic mass is 28.3. The van der Waals surface area contributed by atoms with Gasteiger partial charge in [0.2, 0.25) is 5.91 Å². The summed E-state index contributed by atoms with van der Waals surface area (Å²) in [5, 5.41) is 11.4. The number of carbonyl (C=O) groups is 2. The van der Waals surface area contributed by atoms with Crippen LogP contribution in [0.5, 0.6) is 0 Å². The van der Waals surface area contributed by atoms with Crippen LogP contribution in [-0.2, 0) is 21.0 Å². The van der Waals surface area contributed by atoms with Crippen LogP contribution in [0.2, 0.25) is 25.7 Å². The summed E-state index contributed by atoms with van der Waals surface area (Å²) in [6.07, 6.45) is 8.25. The Balaban J connectivity index is 1.42. The second kappa shape index (κ2) is 12.8. The minimum atomic E-state index is -1.21. The van der Waals surface area contributed by atoms with E-state index < -0.39 is 19.8 Å². The molecule has 0 saturated heterocycles. The van der Waals surface area contributed by atoms with E-state index in [1.165, 1.54) is 0 Å². The summed E-state index contributed by atoms with van der Waals surface area (Å²) < 4.78 is 15.3. The molecule has 0 radical (unpaired) electrons. The van der Waals surface area contributed by atoms with Crippen molar-refractivity contribution < 1.29 is 19.1 Å². The van der Waals surface area contributed by atoms with Gasteiger partial charge >= 0.3 is 6.09 Å². The van der Waals surface area contributed by atoms with Crippen molar-refractivity contribution in [3.05, 3.63) is 36.8 Å². The number of amides is 2. The van der Waals surface area contributed by atoms with Crippen molar-refractivity contribution in [3.63, 3.8) is 0 Å². The Morgan fingerprint density at radius 3 is 2.51 bits per heavy atom. The van der Waals surface area contributed by atoms with Crippen molar-refractivity contribution in [1.82, 2.24) is 24.6 Å². The Bertz CT molecular complexity index is 1320. The van der Waals surface area contributed by atoms with Crippen molar-refractivity contribution in [2.45, 2.75) is 97.4 Å². The molecule has 224 valence electrons. The van der Waals surface area contributed by atoms with E-state index in [1.54, 1.807) is 17.1 Å². The molecule has 1 aliphatic rings. The van der Waals surface area contributed by atoms with Crippen LogP contribution in [-0.4, -0.2) is 57.7 Å². The highest BCUT2D eigenvalue weighted by Crippen LogP contribution is 2.33. The van der Waals surface area contributed by atoms with Gasteiger partial charge in [-0.05, 0) is 83.5 Å². The first-order valence-corrected chi connectivity index (χ1v) is 18.4. The molecule has 1 atom stereocenters. The molecule has 41 heavy (non-hydrogen) atoms. The van der Waals surface area contributed by atoms with E-state index in [9.17, 15) is 9.59 Å². The largest absolute Gasteiger partial charge is 0.444 e. The maximum atomic E-state index is 13.4. The zero-order valence-electron chi connectivity index (χ0n) is 25.6. The van der Waals surface area contributed by atoms with Gasteiger partial charge in [-0.3, -0.25) is 9.36 Å². The molecule has 4 rings (SSSR count). The second-order valence-corrected chi connectivity index (χ2v) is 19.0. The monoisotopic (exact) mass is 582 g/mol. The molecular weight excluding hydrogens is 536 g/mol. The number of aromatic nitrogens is 4. The quantitative estimate of drug-likeness (QED) is 0.218. The first kappa shape index (κ1) is 30.8. The maximum Gasteiger partial charge on any atom is 0.407 e. The summed E-state index contributed by atoms with van der Waals surface area (Å²) >= 11 is 0. The number of hydrogen-bond acceptors (Lipinski definition) is 6. The van der Waals surface area contributed by atoms with Gasteiger partial charge in [0.05, 0.1) is 5.69 Å². The van der Waals surface area contributed by atoms with Gasteiger partial charge in [-0.15, -0.1) is 0 Å². The zero-order valence-corrected chi connectivity index (χ0v) is 26.6. The van der Waals surface area contributed by atoms with Crippen molar-refractivity contribution in [3.8, 4) is 5.82 Å². The summed E-state index contributed by atoms with van der Waals surface area (Å²) in [4.78, 5) is 30.2. The molecule has 3 aromatic rings. The minimum absolute atomic E-state index is 0.0119. The first-order chi connectivity index (χ1) is 19.3. The highest BCUT2D eigenvalue weighted by molar-refractivity contribution is 6.76. The van der Waals surface area contributed by atoms with E-state index in [0.29, 0.717) is 19.3 Å². The van der Waals surface area contributed by atoms with E-state index in [1.807, 2.05) is 56.7 Å². The van der Waals surface area contributed by atoms with Gasteiger partial charge in [0.25, 0.3) is 0 Å². The average Bonchev–Trinajstić information content (AvgIpc) is 3.53. The van der Waals surface area contributed by atoms with E-state index in [0.717, 1.165) is 54.3 Å². The summed E-state index contributed by atoms with van der Waals surface area (Å²) in [6, 6.07) is 6.80. The number of nitrogens with zero attached hydrogens (tertiary/aromatic N) is 4. The number of pyridine rings is 1. The number of hydrogen-bond donors (Lipinski definition) is 2. The standard InChI is InChI=1S/C30H46N6O4Si/c1-21(33-29(38)40-30(2,3)4)22-9-11-23(12-10-22)28(37)34-25-13-15-31-27-24(25)19-26(36-16-8-14-32-36)35(27)20-39-17-18-41(5,6)7/h8,13-16,19,21-23H,9-12,17-18,20H2,1-7H3,(H,33,38)(H,31,34,37)/t21?,22-,23-. The van der Waals surface area contributed by atoms with Crippen LogP contribution in [0.4, 0.5) is 10.5 Å². The third-order valence-electron chi connectivity index (χ3n) is 7.58. The van der Waals surface area contributed by atoms with Crippen LogP contribution in [0.3, 0.4) is 0 Å². The Morgan fingerprint density at radius 2 is 1.88 bits per heavy atom. The van der Waals surface area contributed by atoms with E-state index >= 15 is 0 Å². The summed E-state index contributed by atoms with van der Waals surface area (Å²) in [5.41, 5.74) is 0.946. The van der Waals surface area contributed by atoms with E-state index in [-0.39, 0.29) is 17.9 Å². The Kier molecular flexibility index (Phi) is 9.58. The molecule has 1 unspecified atom stereocenters. The SMILES string of the molecule is CC(NC(=O)OC(C)(C)C)[C@H]1CC[C@H](C(=O)Nc2ccnc3c2cc(-n2cccn2)n3COCC[Si](C)(C)C)CC1. The third kappa shape index (κ3) is 8.42. The highest BCUT2D eigenvalue weighted by Gasteiger charge is 2.31. The molecule has 10 nitrogen and oxygen atoms in total. The number of nitrogens with one attached hydrogen (secondary N) is 2. The number of ether oxygens (including phenoxy) is 2. The predicted molar refractivity (Wildman–Crippen MR) is 164 cm³/mol. The molecule has 0 bridgehead atoms. The lowest BCUT2D eigenvalue weighted by atomic mass is 9.78. The Hall–Kier alpha value is -3.18. The zero-order chi connectivity index (χ0) is 29.8. The van der Waals surface area contributed by atoms with Gasteiger partial charge in [-0.25, -0.2) is 14.5 Å². The van der Waals surface area contributed by atoms with Crippen molar-refractivity contribution in [1.29, 1.82) is 0 Å². The molecule has 3 aromatic heterocycles. The van der Waals surface area contributed by atoms with Gasteiger partial charge in [-0.2, -0.15) is 5.10 Å². The molecule has 3 heterocycles. The molecule has 2 N–H and O–H groups in total. The number of fused-ring (bicyclic) bond motifs is 1. The van der Waals surface area contributed by atoms with Crippen LogP contribution >= 0.6 is 0 Å². The summed E-state index contributed by atoms with van der Waals surface area (Å²) in [7, 11) is -1.21. The molecule has 1 saturated carbocycles. The fourth-order valence-electron chi connectivity index (χ4n) is 5.23. The number of anilines is 1. The van der Waals surface area contributed by atoms with Crippen LogP contribution in [0.1, 0.15) is 53.4 Å². The average molecular weight is 583 g/mol. The van der Waals surface area contributed by atoms with Crippen LogP contribution < -0.4 is 10.6 Å². The smallest absolute Gasteiger partial charge is 0.407 e. The van der Waals surface area contributed by atoms with Gasteiger partial charge in [0, 0.05) is 50.6 Å². The van der Waals surface area contributed by atoms with Crippen LogP contribution in [0.25, 0.3) is 16.9 Å². The third-order valence-corrected chi connectivity index (χ3v) is 9.29. The van der Waals surface area contributed by atoms with Crippen LogP contribution in [0.15, 0.2) is 36.8 Å². The van der Waals surface area contributed by atoms with Gasteiger partial charge in [0.15, 0.2) is 0 Å². The van der Waals surface area contributed by atoms with Gasteiger partial charge in [0.1, 0.15) is 23.8 Å². The maximum absolute atomic E-state index is 13.4. The molecule has 1 fully saturated rings. The molecule has 1 aliphatic carbocycles. The van der Waals surface area contributed by atoms with E-state index in [2.05, 4.69) is 40.4 Å². The van der Waals surface area contributed by atoms with Gasteiger partial charge < -0.3 is 20.1 Å². The number of alkyl carbamates (subject to hydrolysis) is 1. The lowest BCUT2D eigenvalue weighted by Crippen LogP contribution is -2.42. The fraction of sp³-hybridized carbons (Fsp3) is 0.600. The summed E-state index contributed by atoms with van der Waals surface area (Å²) in [5.74, 6) is 1.08. The second-order valence-electron chi connectivity index (χ2n) is 13.4. The number of carbonyl (C=O) groups excluding carboxylic acids is 2. The normalized spacial score (nSPS) is 18.7. The minimum Gasteiger partial charge on any atom is -0.444 e. The van der Waals surface area contributed by atoms with E-state index in [4.69, 9.17) is 9.47 Å². The molecule has 0 spiro atoms. The lowest BCUT2D eigenvalue weighted by Gasteiger charge is -2.32. The lowest BCUT2D eigenvalue weighted by molar-refractivity contribution is -0.121. The Labute approximate surface area is 244 Å². The molecule has 11 heteroatoms. The fourth-order valence-corrected chi connectivity index (χ4v) is 5.98.